The first-order chi connectivity index (χ1) is 22.8. The summed E-state index contributed by atoms with van der Waals surface area (Å²) in [5.41, 5.74) is -2.74. The fourth-order valence-electron chi connectivity index (χ4n) is 4.58. The molecule has 0 radical (unpaired) electrons. The van der Waals surface area contributed by atoms with E-state index < -0.39 is 73.2 Å². The van der Waals surface area contributed by atoms with Gasteiger partial charge in [0, 0.05) is 48.6 Å². The van der Waals surface area contributed by atoms with Crippen molar-refractivity contribution in [3.8, 4) is 5.82 Å². The highest BCUT2D eigenvalue weighted by Crippen LogP contribution is 2.24. The van der Waals surface area contributed by atoms with Crippen LogP contribution in [0, 0.1) is 18.6 Å². The van der Waals surface area contributed by atoms with Gasteiger partial charge in [0.25, 0.3) is 27.4 Å². The van der Waals surface area contributed by atoms with E-state index in [0.717, 1.165) is 16.7 Å². The third-order valence-electron chi connectivity index (χ3n) is 7.30. The van der Waals surface area contributed by atoms with E-state index in [-0.39, 0.29) is 22.7 Å². The molecule has 49 heavy (non-hydrogen) atoms. The van der Waals surface area contributed by atoms with Crippen LogP contribution in [-0.2, 0) is 28.3 Å². The van der Waals surface area contributed by atoms with Gasteiger partial charge in [-0.1, -0.05) is 6.07 Å². The number of rotatable bonds is 10. The summed E-state index contributed by atoms with van der Waals surface area (Å²) in [5, 5.41) is 5.08. The minimum atomic E-state index is -4.43. The Kier molecular flexibility index (Phi) is 10.4. The van der Waals surface area contributed by atoms with Crippen LogP contribution in [0.5, 0.6) is 0 Å². The maximum atomic E-state index is 15.1. The Bertz CT molecular complexity index is 2180. The first kappa shape index (κ1) is 36.4. The summed E-state index contributed by atoms with van der Waals surface area (Å²) in [6.07, 6.45) is 1.19. The average molecular weight is 695 g/mol. The molecule has 0 aliphatic rings. The van der Waals surface area contributed by atoms with Crippen LogP contribution >= 0.6 is 0 Å². The zero-order valence-corrected chi connectivity index (χ0v) is 28.2. The number of pyridine rings is 1. The molecule has 0 fully saturated rings. The number of hydrogen-bond donors (Lipinski definition) is 3. The largest absolute Gasteiger partial charge is 0.347 e. The zero-order chi connectivity index (χ0) is 36.4. The lowest BCUT2D eigenvalue weighted by Crippen LogP contribution is -2.43. The van der Waals surface area contributed by atoms with E-state index in [4.69, 9.17) is 0 Å². The van der Waals surface area contributed by atoms with Crippen molar-refractivity contribution in [3.63, 3.8) is 0 Å². The number of benzene rings is 2. The van der Waals surface area contributed by atoms with Gasteiger partial charge in [-0.25, -0.2) is 31.5 Å². The van der Waals surface area contributed by atoms with Gasteiger partial charge in [-0.3, -0.25) is 19.1 Å². The number of nitrogens with zero attached hydrogens (tertiary/aromatic N) is 3. The van der Waals surface area contributed by atoms with Crippen LogP contribution in [0.2, 0.25) is 0 Å². The van der Waals surface area contributed by atoms with E-state index in [2.05, 4.69) is 15.6 Å². The highest BCUT2D eigenvalue weighted by molar-refractivity contribution is 7.92. The monoisotopic (exact) mass is 694 g/mol. The number of aryl methyl sites for hydroxylation is 1. The lowest BCUT2D eigenvalue weighted by atomic mass is 9.90. The van der Waals surface area contributed by atoms with Gasteiger partial charge in [0.1, 0.15) is 23.1 Å². The maximum Gasteiger partial charge on any atom is 0.336 e. The van der Waals surface area contributed by atoms with Crippen molar-refractivity contribution in [2.45, 2.75) is 50.6 Å². The Morgan fingerprint density at radius 3 is 2.18 bits per heavy atom. The van der Waals surface area contributed by atoms with Gasteiger partial charge in [-0.2, -0.15) is 0 Å². The number of sulfonamides is 1. The number of anilines is 1. The molecule has 13 nitrogen and oxygen atoms in total. The van der Waals surface area contributed by atoms with Gasteiger partial charge in [-0.05, 0) is 69.7 Å². The molecule has 2 heterocycles. The van der Waals surface area contributed by atoms with Crippen molar-refractivity contribution in [1.29, 1.82) is 0 Å². The molecule has 3 N–H and O–H groups in total. The lowest BCUT2D eigenvalue weighted by Gasteiger charge is -2.20. The topological polar surface area (TPSA) is 178 Å². The van der Waals surface area contributed by atoms with Crippen LogP contribution in [0.3, 0.4) is 0 Å². The van der Waals surface area contributed by atoms with E-state index in [1.54, 1.807) is 27.7 Å². The molecule has 0 aliphatic heterocycles. The minimum absolute atomic E-state index is 0.0338. The molecule has 0 spiro atoms. The predicted octanol–water partition coefficient (Wildman–Crippen LogP) is 1.35. The van der Waals surface area contributed by atoms with Crippen LogP contribution in [0.15, 0.2) is 75.3 Å². The van der Waals surface area contributed by atoms with Crippen molar-refractivity contribution in [2.75, 3.05) is 4.72 Å². The molecule has 0 saturated carbocycles. The van der Waals surface area contributed by atoms with E-state index in [9.17, 15) is 32.4 Å². The summed E-state index contributed by atoms with van der Waals surface area (Å²) in [5.74, 6) is -4.09. The average Bonchev–Trinajstić information content (AvgIpc) is 3.01. The maximum absolute atomic E-state index is 15.1. The Hall–Kier alpha value is -5.45. The van der Waals surface area contributed by atoms with Gasteiger partial charge >= 0.3 is 5.69 Å². The molecule has 0 unspecified atom stereocenters. The van der Waals surface area contributed by atoms with Crippen molar-refractivity contribution in [2.24, 2.45) is 7.05 Å². The molecule has 2 aromatic heterocycles. The zero-order valence-electron chi connectivity index (χ0n) is 27.4. The molecular weight excluding hydrogens is 661 g/mol. The Balaban J connectivity index is 1.48. The van der Waals surface area contributed by atoms with Crippen LogP contribution in [0.25, 0.3) is 5.82 Å². The molecule has 2 amide bonds. The van der Waals surface area contributed by atoms with Crippen LogP contribution in [0.4, 0.5) is 14.5 Å². The number of hydrogen-bond acceptors (Lipinski definition) is 8. The van der Waals surface area contributed by atoms with Crippen molar-refractivity contribution < 1.29 is 31.6 Å². The van der Waals surface area contributed by atoms with Crippen LogP contribution < -0.4 is 26.6 Å². The normalized spacial score (nSPS) is 12.2. The first-order valence-electron chi connectivity index (χ1n) is 14.8. The molecule has 0 aliphatic carbocycles. The summed E-state index contributed by atoms with van der Waals surface area (Å²) >= 11 is 0. The third-order valence-corrected chi connectivity index (χ3v) is 8.68. The minimum Gasteiger partial charge on any atom is -0.347 e. The Labute approximate surface area is 280 Å². The summed E-state index contributed by atoms with van der Waals surface area (Å²) in [4.78, 5) is 66.5. The lowest BCUT2D eigenvalue weighted by molar-refractivity contribution is -0.113. The number of aromatic nitrogens is 3. The van der Waals surface area contributed by atoms with Gasteiger partial charge in [0.05, 0.1) is 22.2 Å². The van der Waals surface area contributed by atoms with Crippen LogP contribution in [-0.4, -0.2) is 59.5 Å². The van der Waals surface area contributed by atoms with Gasteiger partial charge in [-0.15, -0.1) is 0 Å². The number of carbonyl (C=O) groups excluding carboxylic acids is 3. The molecule has 2 aromatic carbocycles. The number of amides is 2. The summed E-state index contributed by atoms with van der Waals surface area (Å²) in [7, 11) is -1.75. The summed E-state index contributed by atoms with van der Waals surface area (Å²) in [6.45, 7) is 6.94. The molecular formula is C32H33BF2N6O7S. The predicted molar refractivity (Wildman–Crippen MR) is 179 cm³/mol. The van der Waals surface area contributed by atoms with E-state index in [1.165, 1.54) is 56.0 Å². The Morgan fingerprint density at radius 2 is 1.61 bits per heavy atom. The second-order valence-electron chi connectivity index (χ2n) is 12.3. The van der Waals surface area contributed by atoms with E-state index in [0.29, 0.717) is 23.4 Å². The molecule has 256 valence electrons. The van der Waals surface area contributed by atoms with Gasteiger partial charge < -0.3 is 20.0 Å². The summed E-state index contributed by atoms with van der Waals surface area (Å²) in [6, 6.07) is 8.74. The molecule has 17 heteroatoms. The van der Waals surface area contributed by atoms with Gasteiger partial charge in [0.15, 0.2) is 7.85 Å². The number of nitrogens with one attached hydrogen (secondary N) is 3. The Morgan fingerprint density at radius 1 is 0.959 bits per heavy atom. The van der Waals surface area contributed by atoms with Crippen molar-refractivity contribution in [1.82, 2.24) is 24.8 Å². The highest BCUT2D eigenvalue weighted by atomic mass is 32.2. The quantitative estimate of drug-likeness (QED) is 0.208. The number of carbonyl (C=O) groups is 3. The van der Waals surface area contributed by atoms with Crippen molar-refractivity contribution in [3.05, 3.63) is 116 Å². The number of halogens is 2. The second kappa shape index (κ2) is 14.0. The van der Waals surface area contributed by atoms with Crippen LogP contribution in [0.1, 0.15) is 52.7 Å². The van der Waals surface area contributed by atoms with Gasteiger partial charge in [0.2, 0.25) is 0 Å². The van der Waals surface area contributed by atoms with Crippen molar-refractivity contribution >= 4 is 41.1 Å². The highest BCUT2D eigenvalue weighted by Gasteiger charge is 2.25. The fourth-order valence-corrected chi connectivity index (χ4v) is 5.64. The fraction of sp³-hybridized carbons (Fsp3) is 0.250. The standard InChI is InChI=1S/C32H33BF2N6O7S/c1-17-12-27(42)41(31(46)40(17)5)26-11-6-18(16-36-26)13-25(28(33)43)37-30(45)21-14-23(35)24(15-22(21)34)39-49(47,48)20-9-7-19(8-10-20)29(44)38-32(2,3)4/h6-12,14-16,25,39H,13,33H2,1-5H3,(H,37,45)(H,38,44)/t25-/m0/s1. The smallest absolute Gasteiger partial charge is 0.336 e. The first-order valence-corrected chi connectivity index (χ1v) is 16.3. The molecule has 0 bridgehead atoms. The summed E-state index contributed by atoms with van der Waals surface area (Å²) < 4.78 is 60.0. The van der Waals surface area contributed by atoms with E-state index >= 15 is 8.78 Å². The third kappa shape index (κ3) is 8.54. The molecule has 0 saturated heterocycles. The molecule has 1 atom stereocenters. The molecule has 4 rings (SSSR count). The SMILES string of the molecule is BC(=O)[C@H](Cc1ccc(-n2c(=O)cc(C)n(C)c2=O)nc1)NC(=O)c1cc(F)c(NS(=O)(=O)c2ccc(C(=O)NC(C)(C)C)cc2)cc1F. The second-order valence-corrected chi connectivity index (χ2v) is 14.0. The molecule has 4 aromatic rings. The van der Waals surface area contributed by atoms with E-state index in [1.807, 2.05) is 4.72 Å².